The molecule has 0 N–H and O–H groups in total. The number of hydrogen-bond acceptors (Lipinski definition) is 0. The van der Waals surface area contributed by atoms with Crippen LogP contribution in [0, 0.1) is 16.7 Å². The third-order valence-corrected chi connectivity index (χ3v) is 5.61. The van der Waals surface area contributed by atoms with Gasteiger partial charge in [-0.3, -0.25) is 0 Å². The van der Waals surface area contributed by atoms with Gasteiger partial charge < -0.3 is 0 Å². The molecule has 1 aromatic rings. The van der Waals surface area contributed by atoms with Crippen molar-refractivity contribution in [2.75, 3.05) is 0 Å². The van der Waals surface area contributed by atoms with Crippen LogP contribution < -0.4 is 0 Å². The summed E-state index contributed by atoms with van der Waals surface area (Å²) in [7, 11) is 0. The standard InChI is InChI=1S/C16H20ClF3/c1-14(2)13(15(14,3)4)12(17)9-10-5-7-11(8-6-10)16(18,19)20/h5-8,12-13H,9H2,1-4H3. The second-order valence-electron chi connectivity index (χ2n) is 6.84. The zero-order chi connectivity index (χ0) is 15.3. The molecule has 0 amide bonds. The molecule has 1 aromatic carbocycles. The zero-order valence-corrected chi connectivity index (χ0v) is 12.9. The molecule has 0 aromatic heterocycles. The summed E-state index contributed by atoms with van der Waals surface area (Å²) in [6.07, 6.45) is -3.67. The normalized spacial score (nSPS) is 22.6. The minimum absolute atomic E-state index is 0.0447. The van der Waals surface area contributed by atoms with Gasteiger partial charge >= 0.3 is 6.18 Å². The highest BCUT2D eigenvalue weighted by Crippen LogP contribution is 2.70. The van der Waals surface area contributed by atoms with E-state index in [1.54, 1.807) is 0 Å². The van der Waals surface area contributed by atoms with E-state index in [-0.39, 0.29) is 16.2 Å². The molecule has 0 heterocycles. The Morgan fingerprint density at radius 1 is 1.05 bits per heavy atom. The lowest BCUT2D eigenvalue weighted by molar-refractivity contribution is -0.137. The van der Waals surface area contributed by atoms with Crippen molar-refractivity contribution in [3.63, 3.8) is 0 Å². The fraction of sp³-hybridized carbons (Fsp3) is 0.625. The molecule has 0 radical (unpaired) electrons. The second kappa shape index (κ2) is 4.66. The molecule has 0 bridgehead atoms. The second-order valence-corrected chi connectivity index (χ2v) is 7.40. The van der Waals surface area contributed by atoms with Crippen molar-refractivity contribution in [2.24, 2.45) is 16.7 Å². The van der Waals surface area contributed by atoms with Gasteiger partial charge in [-0.1, -0.05) is 39.8 Å². The smallest absolute Gasteiger partial charge is 0.166 e. The van der Waals surface area contributed by atoms with Gasteiger partial charge in [0.1, 0.15) is 0 Å². The molecule has 1 aliphatic carbocycles. The van der Waals surface area contributed by atoms with Crippen LogP contribution in [0.15, 0.2) is 24.3 Å². The number of hydrogen-bond donors (Lipinski definition) is 0. The first-order chi connectivity index (χ1) is 8.98. The summed E-state index contributed by atoms with van der Waals surface area (Å²) in [6.45, 7) is 8.78. The molecule has 4 heteroatoms. The SMILES string of the molecule is CC1(C)C(C(Cl)Cc2ccc(C(F)(F)F)cc2)C1(C)C. The van der Waals surface area contributed by atoms with Crippen LogP contribution in [-0.2, 0) is 12.6 Å². The minimum Gasteiger partial charge on any atom is -0.166 e. The Bertz CT molecular complexity index is 471. The summed E-state index contributed by atoms with van der Waals surface area (Å²) in [6, 6.07) is 5.31. The molecule has 1 atom stereocenters. The fourth-order valence-electron chi connectivity index (χ4n) is 3.32. The Morgan fingerprint density at radius 3 is 1.85 bits per heavy atom. The molecular weight excluding hydrogens is 285 g/mol. The molecular formula is C16H20ClF3. The predicted molar refractivity (Wildman–Crippen MR) is 75.8 cm³/mol. The van der Waals surface area contributed by atoms with Crippen molar-refractivity contribution >= 4 is 11.6 Å². The van der Waals surface area contributed by atoms with Gasteiger partial charge in [0.2, 0.25) is 0 Å². The number of rotatable bonds is 3. The Morgan fingerprint density at radius 2 is 1.50 bits per heavy atom. The maximum atomic E-state index is 12.5. The summed E-state index contributed by atoms with van der Waals surface area (Å²) in [5, 5.41) is -0.0447. The van der Waals surface area contributed by atoms with Crippen molar-refractivity contribution in [3.05, 3.63) is 35.4 Å². The molecule has 1 saturated carbocycles. The van der Waals surface area contributed by atoms with E-state index >= 15 is 0 Å². The highest BCUT2D eigenvalue weighted by molar-refractivity contribution is 6.21. The highest BCUT2D eigenvalue weighted by Gasteiger charge is 2.66. The topological polar surface area (TPSA) is 0 Å². The van der Waals surface area contributed by atoms with E-state index in [0.717, 1.165) is 17.7 Å². The molecule has 1 aliphatic rings. The van der Waals surface area contributed by atoms with Crippen LogP contribution in [0.2, 0.25) is 0 Å². The molecule has 20 heavy (non-hydrogen) atoms. The molecule has 2 rings (SSSR count). The van der Waals surface area contributed by atoms with Crippen LogP contribution >= 0.6 is 11.6 Å². The van der Waals surface area contributed by atoms with E-state index in [1.807, 2.05) is 0 Å². The van der Waals surface area contributed by atoms with Gasteiger partial charge in [-0.15, -0.1) is 11.6 Å². The van der Waals surface area contributed by atoms with Gasteiger partial charge in [0.15, 0.2) is 0 Å². The zero-order valence-electron chi connectivity index (χ0n) is 12.2. The fourth-order valence-corrected chi connectivity index (χ4v) is 4.13. The molecule has 112 valence electrons. The van der Waals surface area contributed by atoms with Crippen molar-refractivity contribution in [3.8, 4) is 0 Å². The van der Waals surface area contributed by atoms with Gasteiger partial charge in [-0.05, 0) is 40.9 Å². The van der Waals surface area contributed by atoms with E-state index in [0.29, 0.717) is 12.3 Å². The largest absolute Gasteiger partial charge is 0.416 e. The monoisotopic (exact) mass is 304 g/mol. The van der Waals surface area contributed by atoms with E-state index in [1.165, 1.54) is 12.1 Å². The lowest BCUT2D eigenvalue weighted by Crippen LogP contribution is -2.11. The summed E-state index contributed by atoms with van der Waals surface area (Å²) in [5.41, 5.74) is 0.618. The Labute approximate surface area is 123 Å². The summed E-state index contributed by atoms with van der Waals surface area (Å²) in [4.78, 5) is 0. The number of alkyl halides is 4. The molecule has 0 aliphatic heterocycles. The third kappa shape index (κ3) is 2.57. The molecule has 0 nitrogen and oxygen atoms in total. The Kier molecular flexibility index (Phi) is 3.65. The summed E-state index contributed by atoms with van der Waals surface area (Å²) in [5.74, 6) is 0.388. The van der Waals surface area contributed by atoms with Crippen LogP contribution in [0.25, 0.3) is 0 Å². The first-order valence-electron chi connectivity index (χ1n) is 6.78. The van der Waals surface area contributed by atoms with Gasteiger partial charge in [0.05, 0.1) is 5.56 Å². The highest BCUT2D eigenvalue weighted by atomic mass is 35.5. The Hall–Kier alpha value is -0.700. The Balaban J connectivity index is 2.05. The van der Waals surface area contributed by atoms with Crippen LogP contribution in [0.4, 0.5) is 13.2 Å². The summed E-state index contributed by atoms with van der Waals surface area (Å²) < 4.78 is 37.5. The maximum Gasteiger partial charge on any atom is 0.416 e. The molecule has 0 spiro atoms. The van der Waals surface area contributed by atoms with Crippen LogP contribution in [0.3, 0.4) is 0 Å². The molecule has 0 saturated heterocycles. The molecule has 1 fully saturated rings. The van der Waals surface area contributed by atoms with Gasteiger partial charge in [0, 0.05) is 5.38 Å². The lowest BCUT2D eigenvalue weighted by Gasteiger charge is -2.13. The number of benzene rings is 1. The number of halogens is 4. The van der Waals surface area contributed by atoms with Crippen molar-refractivity contribution in [1.29, 1.82) is 0 Å². The van der Waals surface area contributed by atoms with E-state index in [9.17, 15) is 13.2 Å². The van der Waals surface area contributed by atoms with Crippen molar-refractivity contribution in [1.82, 2.24) is 0 Å². The predicted octanol–water partition coefficient (Wildman–Crippen LogP) is 5.54. The lowest BCUT2D eigenvalue weighted by atomic mass is 10.0. The van der Waals surface area contributed by atoms with Crippen molar-refractivity contribution < 1.29 is 13.2 Å². The summed E-state index contributed by atoms with van der Waals surface area (Å²) >= 11 is 6.49. The van der Waals surface area contributed by atoms with Crippen LogP contribution in [-0.4, -0.2) is 5.38 Å². The van der Waals surface area contributed by atoms with Crippen LogP contribution in [0.5, 0.6) is 0 Å². The average molecular weight is 305 g/mol. The first kappa shape index (κ1) is 15.7. The van der Waals surface area contributed by atoms with E-state index in [2.05, 4.69) is 27.7 Å². The van der Waals surface area contributed by atoms with Crippen molar-refractivity contribution in [2.45, 2.75) is 45.7 Å². The van der Waals surface area contributed by atoms with E-state index < -0.39 is 11.7 Å². The third-order valence-electron chi connectivity index (χ3n) is 5.21. The van der Waals surface area contributed by atoms with Crippen LogP contribution in [0.1, 0.15) is 38.8 Å². The van der Waals surface area contributed by atoms with Gasteiger partial charge in [-0.25, -0.2) is 0 Å². The maximum absolute atomic E-state index is 12.5. The first-order valence-corrected chi connectivity index (χ1v) is 7.22. The van der Waals surface area contributed by atoms with E-state index in [4.69, 9.17) is 11.6 Å². The van der Waals surface area contributed by atoms with Gasteiger partial charge in [-0.2, -0.15) is 13.2 Å². The van der Waals surface area contributed by atoms with Gasteiger partial charge in [0.25, 0.3) is 0 Å². The molecule has 1 unspecified atom stereocenters. The minimum atomic E-state index is -4.28. The quantitative estimate of drug-likeness (QED) is 0.643. The average Bonchev–Trinajstić information content (AvgIpc) is 2.68.